The lowest BCUT2D eigenvalue weighted by Gasteiger charge is -2.25. The van der Waals surface area contributed by atoms with Gasteiger partial charge in [-0.3, -0.25) is 10.2 Å². The molecule has 0 radical (unpaired) electrons. The Morgan fingerprint density at radius 2 is 2.09 bits per heavy atom. The normalized spacial score (nSPS) is 16.5. The van der Waals surface area contributed by atoms with E-state index in [1.54, 1.807) is 11.8 Å². The van der Waals surface area contributed by atoms with Crippen LogP contribution in [-0.4, -0.2) is 65.3 Å². The second-order valence-corrected chi connectivity index (χ2v) is 8.32. The first-order chi connectivity index (χ1) is 10.4. The van der Waals surface area contributed by atoms with E-state index in [-0.39, 0.29) is 11.6 Å². The number of nitrogens with zero attached hydrogens (tertiary/aromatic N) is 3. The number of nitrogens with one attached hydrogen (secondary N) is 2. The maximum atomic E-state index is 11.7. The van der Waals surface area contributed by atoms with Gasteiger partial charge in [0.25, 0.3) is 0 Å². The minimum Gasteiger partial charge on any atom is -0.379 e. The van der Waals surface area contributed by atoms with Crippen molar-refractivity contribution in [1.82, 2.24) is 20.4 Å². The average molecular weight is 345 g/mol. The predicted octanol–water partition coefficient (Wildman–Crippen LogP) is 1.88. The summed E-state index contributed by atoms with van der Waals surface area (Å²) in [4.78, 5) is 14.1. The van der Waals surface area contributed by atoms with Crippen LogP contribution in [0.1, 0.15) is 20.8 Å². The maximum Gasteiger partial charge on any atom is 0.321 e. The fraction of sp³-hybridized carbons (Fsp3) is 0.769. The first kappa shape index (κ1) is 17.5. The van der Waals surface area contributed by atoms with E-state index in [1.807, 2.05) is 20.8 Å². The van der Waals surface area contributed by atoms with Crippen molar-refractivity contribution in [3.05, 3.63) is 0 Å². The first-order valence-electron chi connectivity index (χ1n) is 7.28. The second-order valence-electron chi connectivity index (χ2n) is 6.00. The van der Waals surface area contributed by atoms with Crippen LogP contribution in [0.15, 0.2) is 4.34 Å². The quantitative estimate of drug-likeness (QED) is 0.627. The number of thioether (sulfide) groups is 1. The van der Waals surface area contributed by atoms with Crippen molar-refractivity contribution >= 4 is 34.3 Å². The molecule has 124 valence electrons. The molecular weight excluding hydrogens is 322 g/mol. The smallest absolute Gasteiger partial charge is 0.321 e. The summed E-state index contributed by atoms with van der Waals surface area (Å²) in [5.41, 5.74) is -0.273. The fourth-order valence-electron chi connectivity index (χ4n) is 1.87. The van der Waals surface area contributed by atoms with Crippen molar-refractivity contribution in [3.63, 3.8) is 0 Å². The minimum atomic E-state index is -0.273. The highest BCUT2D eigenvalue weighted by molar-refractivity contribution is 8.01. The number of urea groups is 1. The molecule has 0 atom stereocenters. The van der Waals surface area contributed by atoms with Gasteiger partial charge in [-0.1, -0.05) is 23.1 Å². The number of morpholine rings is 1. The molecule has 2 heterocycles. The van der Waals surface area contributed by atoms with E-state index in [9.17, 15) is 4.79 Å². The van der Waals surface area contributed by atoms with Crippen LogP contribution in [0.3, 0.4) is 0 Å². The molecule has 1 saturated heterocycles. The summed E-state index contributed by atoms with van der Waals surface area (Å²) in [5, 5.41) is 14.2. The highest BCUT2D eigenvalue weighted by Gasteiger charge is 2.15. The Bertz CT molecular complexity index is 483. The Morgan fingerprint density at radius 1 is 1.36 bits per heavy atom. The molecule has 7 nitrogen and oxygen atoms in total. The molecular formula is C13H23N5O2S2. The Kier molecular flexibility index (Phi) is 6.42. The van der Waals surface area contributed by atoms with Crippen LogP contribution in [0, 0.1) is 0 Å². The highest BCUT2D eigenvalue weighted by atomic mass is 32.2. The number of anilines is 1. The van der Waals surface area contributed by atoms with E-state index in [2.05, 4.69) is 25.7 Å². The summed E-state index contributed by atoms with van der Waals surface area (Å²) in [6.07, 6.45) is 0. The molecule has 2 N–H and O–H groups in total. The lowest BCUT2D eigenvalue weighted by atomic mass is 10.1. The molecule has 1 aliphatic rings. The van der Waals surface area contributed by atoms with Gasteiger partial charge in [0.2, 0.25) is 5.13 Å². The van der Waals surface area contributed by atoms with Crippen molar-refractivity contribution in [3.8, 4) is 0 Å². The third-order valence-corrected chi connectivity index (χ3v) is 4.80. The van der Waals surface area contributed by atoms with Crippen LogP contribution in [0.5, 0.6) is 0 Å². The van der Waals surface area contributed by atoms with Crippen LogP contribution >= 0.6 is 23.1 Å². The van der Waals surface area contributed by atoms with Crippen LogP contribution in [-0.2, 0) is 4.74 Å². The van der Waals surface area contributed by atoms with Gasteiger partial charge in [0.15, 0.2) is 4.34 Å². The molecule has 9 heteroatoms. The van der Waals surface area contributed by atoms with Gasteiger partial charge in [0.1, 0.15) is 0 Å². The third-order valence-electron chi connectivity index (χ3n) is 2.85. The maximum absolute atomic E-state index is 11.7. The van der Waals surface area contributed by atoms with E-state index in [1.165, 1.54) is 11.3 Å². The molecule has 0 saturated carbocycles. The van der Waals surface area contributed by atoms with E-state index in [4.69, 9.17) is 4.74 Å². The van der Waals surface area contributed by atoms with Gasteiger partial charge in [0, 0.05) is 30.9 Å². The molecule has 1 fully saturated rings. The Labute approximate surface area is 139 Å². The zero-order valence-electron chi connectivity index (χ0n) is 13.2. The van der Waals surface area contributed by atoms with E-state index in [0.717, 1.165) is 42.9 Å². The molecule has 0 aromatic carbocycles. The topological polar surface area (TPSA) is 79.4 Å². The lowest BCUT2D eigenvalue weighted by molar-refractivity contribution is 0.0410. The Balaban J connectivity index is 1.70. The standard InChI is InChI=1S/C13H23N5O2S2/c1-13(2,3)15-10(19)14-11-16-17-12(22-11)21-9-6-18-4-7-20-8-5-18/h4-9H2,1-3H3,(H2,14,15,16,19). The SMILES string of the molecule is CC(C)(C)NC(=O)Nc1nnc(SCCN2CCOCC2)s1. The summed E-state index contributed by atoms with van der Waals surface area (Å²) in [6.45, 7) is 10.4. The predicted molar refractivity (Wildman–Crippen MR) is 89.8 cm³/mol. The van der Waals surface area contributed by atoms with Crippen LogP contribution in [0.2, 0.25) is 0 Å². The van der Waals surface area contributed by atoms with Gasteiger partial charge >= 0.3 is 6.03 Å². The van der Waals surface area contributed by atoms with Gasteiger partial charge in [-0.15, -0.1) is 10.2 Å². The van der Waals surface area contributed by atoms with Crippen molar-refractivity contribution in [1.29, 1.82) is 0 Å². The van der Waals surface area contributed by atoms with Gasteiger partial charge < -0.3 is 10.1 Å². The van der Waals surface area contributed by atoms with Crippen molar-refractivity contribution < 1.29 is 9.53 Å². The van der Waals surface area contributed by atoms with Crippen LogP contribution in [0.25, 0.3) is 0 Å². The van der Waals surface area contributed by atoms with E-state index >= 15 is 0 Å². The average Bonchev–Trinajstić information content (AvgIpc) is 2.85. The number of hydrogen-bond acceptors (Lipinski definition) is 7. The summed E-state index contributed by atoms with van der Waals surface area (Å²) < 4.78 is 6.20. The zero-order valence-corrected chi connectivity index (χ0v) is 14.9. The zero-order chi connectivity index (χ0) is 16.0. The molecule has 0 unspecified atom stereocenters. The minimum absolute atomic E-state index is 0.256. The number of ether oxygens (including phenoxy) is 1. The number of amides is 2. The number of carbonyl (C=O) groups is 1. The van der Waals surface area contributed by atoms with Gasteiger partial charge in [-0.05, 0) is 20.8 Å². The third kappa shape index (κ3) is 6.47. The van der Waals surface area contributed by atoms with Crippen molar-refractivity contribution in [2.75, 3.05) is 43.9 Å². The summed E-state index contributed by atoms with van der Waals surface area (Å²) in [6, 6.07) is -0.256. The monoisotopic (exact) mass is 345 g/mol. The van der Waals surface area contributed by atoms with Crippen LogP contribution in [0.4, 0.5) is 9.93 Å². The molecule has 2 rings (SSSR count). The molecule has 1 aromatic heterocycles. The molecule has 1 aliphatic heterocycles. The molecule has 0 spiro atoms. The first-order valence-corrected chi connectivity index (χ1v) is 9.08. The number of aromatic nitrogens is 2. The number of carbonyl (C=O) groups excluding carboxylic acids is 1. The summed E-state index contributed by atoms with van der Waals surface area (Å²) in [7, 11) is 0. The Hall–Kier alpha value is -0.900. The largest absolute Gasteiger partial charge is 0.379 e. The molecule has 0 aliphatic carbocycles. The van der Waals surface area contributed by atoms with Gasteiger partial charge in [-0.25, -0.2) is 4.79 Å². The number of rotatable bonds is 5. The summed E-state index contributed by atoms with van der Waals surface area (Å²) >= 11 is 3.07. The van der Waals surface area contributed by atoms with Crippen molar-refractivity contribution in [2.45, 2.75) is 30.6 Å². The number of hydrogen-bond donors (Lipinski definition) is 2. The fourth-order valence-corrected chi connectivity index (χ4v) is 3.69. The van der Waals surface area contributed by atoms with E-state index in [0.29, 0.717) is 5.13 Å². The van der Waals surface area contributed by atoms with Gasteiger partial charge in [-0.2, -0.15) is 0 Å². The highest BCUT2D eigenvalue weighted by Crippen LogP contribution is 2.25. The van der Waals surface area contributed by atoms with Crippen LogP contribution < -0.4 is 10.6 Å². The van der Waals surface area contributed by atoms with Gasteiger partial charge in [0.05, 0.1) is 13.2 Å². The molecule has 22 heavy (non-hydrogen) atoms. The van der Waals surface area contributed by atoms with Crippen molar-refractivity contribution in [2.24, 2.45) is 0 Å². The van der Waals surface area contributed by atoms with E-state index < -0.39 is 0 Å². The Morgan fingerprint density at radius 3 is 2.77 bits per heavy atom. The lowest BCUT2D eigenvalue weighted by Crippen LogP contribution is -2.43. The second kappa shape index (κ2) is 8.09. The molecule has 2 amide bonds. The molecule has 1 aromatic rings. The molecule has 0 bridgehead atoms. The summed E-state index contributed by atoms with van der Waals surface area (Å²) in [5.74, 6) is 0.961.